The lowest BCUT2D eigenvalue weighted by Crippen LogP contribution is -2.48. The first kappa shape index (κ1) is 18.1. The zero-order valence-electron chi connectivity index (χ0n) is 15.7. The van der Waals surface area contributed by atoms with Crippen molar-refractivity contribution in [3.63, 3.8) is 0 Å². The van der Waals surface area contributed by atoms with Crippen LogP contribution in [0.3, 0.4) is 0 Å². The molecule has 0 spiro atoms. The number of rotatable bonds is 4. The van der Waals surface area contributed by atoms with E-state index in [0.717, 1.165) is 50.6 Å². The van der Waals surface area contributed by atoms with Crippen LogP contribution in [0.15, 0.2) is 38.8 Å². The number of likely N-dealkylation sites (tertiary alicyclic amines) is 1. The summed E-state index contributed by atoms with van der Waals surface area (Å²) in [6, 6.07) is 6.20. The van der Waals surface area contributed by atoms with Crippen LogP contribution in [0.2, 0.25) is 0 Å². The Balaban J connectivity index is 1.36. The molecule has 3 aromatic rings. The van der Waals surface area contributed by atoms with Gasteiger partial charge in [0.05, 0.1) is 11.3 Å². The molecule has 5 nitrogen and oxygen atoms in total. The third-order valence-corrected chi connectivity index (χ3v) is 7.88. The maximum absolute atomic E-state index is 13.7. The van der Waals surface area contributed by atoms with Gasteiger partial charge in [-0.1, -0.05) is 18.9 Å². The monoisotopic (exact) mass is 413 g/mol. The van der Waals surface area contributed by atoms with Crippen LogP contribution < -0.4 is 0 Å². The van der Waals surface area contributed by atoms with Crippen molar-refractivity contribution in [1.82, 2.24) is 15.1 Å². The van der Waals surface area contributed by atoms with Crippen LogP contribution >= 0.6 is 22.7 Å². The Labute approximate surface area is 172 Å². The quantitative estimate of drug-likeness (QED) is 0.599. The third-order valence-electron chi connectivity index (χ3n) is 6.13. The predicted molar refractivity (Wildman–Crippen MR) is 111 cm³/mol. The smallest absolute Gasteiger partial charge is 0.248 e. The summed E-state index contributed by atoms with van der Waals surface area (Å²) in [5.41, 5.74) is 0.655. The van der Waals surface area contributed by atoms with Crippen molar-refractivity contribution in [2.24, 2.45) is 0 Å². The Kier molecular flexibility index (Phi) is 4.80. The van der Waals surface area contributed by atoms with Gasteiger partial charge >= 0.3 is 0 Å². The van der Waals surface area contributed by atoms with Gasteiger partial charge < -0.3 is 9.32 Å². The molecular weight excluding hydrogens is 390 g/mol. The van der Waals surface area contributed by atoms with Crippen molar-refractivity contribution >= 4 is 28.6 Å². The van der Waals surface area contributed by atoms with Gasteiger partial charge in [-0.2, -0.15) is 11.3 Å². The summed E-state index contributed by atoms with van der Waals surface area (Å²) < 4.78 is 5.97. The maximum atomic E-state index is 13.7. The van der Waals surface area contributed by atoms with E-state index in [-0.39, 0.29) is 11.3 Å². The molecular formula is C21H23N3O2S2. The first-order chi connectivity index (χ1) is 13.8. The molecule has 7 heteroatoms. The molecule has 5 rings (SSSR count). The van der Waals surface area contributed by atoms with Crippen molar-refractivity contribution in [2.75, 3.05) is 13.1 Å². The zero-order valence-corrected chi connectivity index (χ0v) is 17.3. The van der Waals surface area contributed by atoms with E-state index in [0.29, 0.717) is 24.2 Å². The van der Waals surface area contributed by atoms with Crippen molar-refractivity contribution in [3.8, 4) is 11.5 Å². The van der Waals surface area contributed by atoms with Gasteiger partial charge in [-0.3, -0.25) is 4.79 Å². The molecule has 0 unspecified atom stereocenters. The first-order valence-corrected chi connectivity index (χ1v) is 11.8. The fourth-order valence-electron chi connectivity index (χ4n) is 4.66. The summed E-state index contributed by atoms with van der Waals surface area (Å²) in [4.78, 5) is 17.0. The molecule has 0 bridgehead atoms. The zero-order chi connectivity index (χ0) is 19.0. The Hall–Kier alpha value is -1.99. The van der Waals surface area contributed by atoms with Crippen molar-refractivity contribution in [1.29, 1.82) is 0 Å². The summed E-state index contributed by atoms with van der Waals surface area (Å²) in [5.74, 6) is 1.66. The van der Waals surface area contributed by atoms with Crippen molar-refractivity contribution in [2.45, 2.75) is 49.9 Å². The summed E-state index contributed by atoms with van der Waals surface area (Å²) >= 11 is 3.34. The average molecular weight is 414 g/mol. The molecule has 2 aliphatic rings. The van der Waals surface area contributed by atoms with Crippen LogP contribution in [0.1, 0.15) is 55.2 Å². The normalized spacial score (nSPS) is 21.9. The van der Waals surface area contributed by atoms with E-state index < -0.39 is 0 Å². The predicted octanol–water partition coefficient (Wildman–Crippen LogP) is 5.08. The van der Waals surface area contributed by atoms with Crippen molar-refractivity contribution in [3.05, 3.63) is 45.1 Å². The molecule has 4 heterocycles. The van der Waals surface area contributed by atoms with Gasteiger partial charge in [0.1, 0.15) is 0 Å². The first-order valence-electron chi connectivity index (χ1n) is 9.96. The van der Waals surface area contributed by atoms with Gasteiger partial charge in [0, 0.05) is 28.9 Å². The highest BCUT2D eigenvalue weighted by atomic mass is 32.1. The molecule has 1 aliphatic heterocycles. The van der Waals surface area contributed by atoms with Crippen LogP contribution in [-0.4, -0.2) is 34.1 Å². The molecule has 0 radical (unpaired) electrons. The fraction of sp³-hybridized carbons (Fsp3) is 0.476. The van der Waals surface area contributed by atoms with E-state index in [2.05, 4.69) is 32.6 Å². The van der Waals surface area contributed by atoms with Gasteiger partial charge in [0.15, 0.2) is 0 Å². The number of piperidine rings is 1. The van der Waals surface area contributed by atoms with Gasteiger partial charge in [-0.25, -0.2) is 0 Å². The number of carbonyl (C=O) groups is 1. The molecule has 3 aromatic heterocycles. The lowest BCUT2D eigenvalue weighted by molar-refractivity contribution is -0.138. The van der Waals surface area contributed by atoms with Crippen LogP contribution in [0.4, 0.5) is 0 Å². The number of amides is 1. The molecule has 1 saturated carbocycles. The van der Waals surface area contributed by atoms with Gasteiger partial charge in [0.2, 0.25) is 17.7 Å². The lowest BCUT2D eigenvalue weighted by Gasteiger charge is -2.38. The second-order valence-electron chi connectivity index (χ2n) is 7.81. The standard InChI is InChI=1S/C21H23N3O2S2/c25-20(21(8-1-2-9-21)17-6-4-11-28-17)24-10-3-5-15(13-24)18-22-23-19(26-18)16-7-12-27-14-16/h4,6-7,11-12,14-15H,1-3,5,8-10,13H2/t15-/m0/s1. The van der Waals surface area contributed by atoms with Gasteiger partial charge in [-0.15, -0.1) is 21.5 Å². The average Bonchev–Trinajstić information content (AvgIpc) is 3.52. The van der Waals surface area contributed by atoms with E-state index in [4.69, 9.17) is 4.42 Å². The highest BCUT2D eigenvalue weighted by molar-refractivity contribution is 7.10. The number of thiophene rings is 2. The lowest BCUT2D eigenvalue weighted by atomic mass is 9.82. The van der Waals surface area contributed by atoms with E-state index in [1.165, 1.54) is 4.88 Å². The highest BCUT2D eigenvalue weighted by Gasteiger charge is 2.46. The Morgan fingerprint density at radius 2 is 2.07 bits per heavy atom. The summed E-state index contributed by atoms with van der Waals surface area (Å²) in [6.45, 7) is 1.51. The largest absolute Gasteiger partial charge is 0.420 e. The SMILES string of the molecule is O=C(N1CCC[C@H](c2nnc(-c3ccsc3)o2)C1)C1(c2cccs2)CCCC1. The number of hydrogen-bond donors (Lipinski definition) is 0. The molecule has 146 valence electrons. The van der Waals surface area contributed by atoms with Crippen LogP contribution in [0, 0.1) is 0 Å². The Bertz CT molecular complexity index is 927. The maximum Gasteiger partial charge on any atom is 0.248 e. The molecule has 28 heavy (non-hydrogen) atoms. The fourth-order valence-corrected chi connectivity index (χ4v) is 6.27. The van der Waals surface area contributed by atoms with E-state index in [1.807, 2.05) is 16.8 Å². The minimum Gasteiger partial charge on any atom is -0.420 e. The van der Waals surface area contributed by atoms with Crippen LogP contribution in [-0.2, 0) is 10.2 Å². The summed E-state index contributed by atoms with van der Waals surface area (Å²) in [5, 5.41) is 14.6. The highest BCUT2D eigenvalue weighted by Crippen LogP contribution is 2.45. The van der Waals surface area contributed by atoms with E-state index in [9.17, 15) is 4.79 Å². The molecule has 2 fully saturated rings. The molecule has 1 saturated heterocycles. The van der Waals surface area contributed by atoms with E-state index >= 15 is 0 Å². The van der Waals surface area contributed by atoms with E-state index in [1.54, 1.807) is 22.7 Å². The molecule has 1 atom stereocenters. The number of nitrogens with zero attached hydrogens (tertiary/aromatic N) is 3. The third kappa shape index (κ3) is 3.10. The molecule has 0 aromatic carbocycles. The number of aromatic nitrogens is 2. The second kappa shape index (κ2) is 7.44. The minimum absolute atomic E-state index is 0.124. The summed E-state index contributed by atoms with van der Waals surface area (Å²) in [7, 11) is 0. The molecule has 1 aliphatic carbocycles. The van der Waals surface area contributed by atoms with Gasteiger partial charge in [0.25, 0.3) is 0 Å². The molecule has 1 amide bonds. The Morgan fingerprint density at radius 1 is 1.18 bits per heavy atom. The summed E-state index contributed by atoms with van der Waals surface area (Å²) in [6.07, 6.45) is 6.17. The second-order valence-corrected chi connectivity index (χ2v) is 9.54. The van der Waals surface area contributed by atoms with Crippen LogP contribution in [0.25, 0.3) is 11.5 Å². The van der Waals surface area contributed by atoms with Crippen molar-refractivity contribution < 1.29 is 9.21 Å². The topological polar surface area (TPSA) is 59.2 Å². The number of hydrogen-bond acceptors (Lipinski definition) is 6. The Morgan fingerprint density at radius 3 is 2.82 bits per heavy atom. The molecule has 0 N–H and O–H groups in total. The number of carbonyl (C=O) groups excluding carboxylic acids is 1. The van der Waals surface area contributed by atoms with Crippen LogP contribution in [0.5, 0.6) is 0 Å². The van der Waals surface area contributed by atoms with Gasteiger partial charge in [-0.05, 0) is 48.6 Å². The minimum atomic E-state index is -0.313.